The van der Waals surface area contributed by atoms with E-state index >= 15 is 0 Å². The quantitative estimate of drug-likeness (QED) is 0.658. The Balaban J connectivity index is 2.55. The fourth-order valence-corrected chi connectivity index (χ4v) is 2.08. The molecule has 1 aromatic rings. The van der Waals surface area contributed by atoms with Gasteiger partial charge in [-0.25, -0.2) is 4.79 Å². The number of halogens is 1. The lowest BCUT2D eigenvalue weighted by Crippen LogP contribution is -2.22. The molecule has 16 heavy (non-hydrogen) atoms. The zero-order chi connectivity index (χ0) is 12.0. The topological polar surface area (TPSA) is 73.1 Å². The normalized spacial score (nSPS) is 9.50. The number of nitriles is 1. The summed E-state index contributed by atoms with van der Waals surface area (Å²) in [5.41, 5.74) is 1.76. The van der Waals surface area contributed by atoms with Crippen molar-refractivity contribution in [2.24, 2.45) is 0 Å². The van der Waals surface area contributed by atoms with E-state index in [2.05, 4.69) is 34.0 Å². The van der Waals surface area contributed by atoms with E-state index in [9.17, 15) is 4.79 Å². The number of carbonyl (C=O) groups is 1. The number of carboxylic acid groups (broad SMARTS) is 1. The van der Waals surface area contributed by atoms with Gasteiger partial charge in [0.2, 0.25) is 0 Å². The van der Waals surface area contributed by atoms with Crippen LogP contribution in [-0.4, -0.2) is 17.7 Å². The fraction of sp³-hybridized carbons (Fsp3) is 0.273. The number of amides is 1. The van der Waals surface area contributed by atoms with Crippen LogP contribution >= 0.6 is 22.6 Å². The Bertz CT molecular complexity index is 426. The van der Waals surface area contributed by atoms with E-state index in [0.717, 1.165) is 22.0 Å². The number of hydrogen-bond acceptors (Lipinski definition) is 2. The van der Waals surface area contributed by atoms with Crippen molar-refractivity contribution in [3.63, 3.8) is 0 Å². The van der Waals surface area contributed by atoms with Crippen molar-refractivity contribution >= 4 is 28.7 Å². The molecule has 1 amide bonds. The highest BCUT2D eigenvalue weighted by Gasteiger charge is 2.04. The Morgan fingerprint density at radius 3 is 2.94 bits per heavy atom. The van der Waals surface area contributed by atoms with Crippen molar-refractivity contribution in [2.75, 3.05) is 6.54 Å². The van der Waals surface area contributed by atoms with Gasteiger partial charge in [0.25, 0.3) is 0 Å². The molecule has 2 N–H and O–H groups in total. The molecule has 0 unspecified atom stereocenters. The number of rotatable bonds is 4. The van der Waals surface area contributed by atoms with E-state index in [1.165, 1.54) is 0 Å². The highest BCUT2D eigenvalue weighted by atomic mass is 127. The molecule has 1 rings (SSSR count). The highest BCUT2D eigenvalue weighted by Crippen LogP contribution is 2.17. The maximum Gasteiger partial charge on any atom is 0.404 e. The maximum absolute atomic E-state index is 10.2. The second kappa shape index (κ2) is 6.33. The summed E-state index contributed by atoms with van der Waals surface area (Å²) < 4.78 is 0.956. The zero-order valence-corrected chi connectivity index (χ0v) is 10.7. The number of hydrogen-bond donors (Lipinski definition) is 2. The summed E-state index contributed by atoms with van der Waals surface area (Å²) in [6.45, 7) is 0.433. The smallest absolute Gasteiger partial charge is 0.404 e. The lowest BCUT2D eigenvalue weighted by Gasteiger charge is -2.05. The van der Waals surface area contributed by atoms with Crippen molar-refractivity contribution in [3.8, 4) is 6.07 Å². The van der Waals surface area contributed by atoms with Crippen molar-refractivity contribution < 1.29 is 9.90 Å². The molecule has 0 spiro atoms. The average Bonchev–Trinajstić information content (AvgIpc) is 2.26. The Labute approximate surface area is 107 Å². The van der Waals surface area contributed by atoms with Gasteiger partial charge in [-0.15, -0.1) is 0 Å². The van der Waals surface area contributed by atoms with Crippen LogP contribution in [0.4, 0.5) is 4.79 Å². The molecule has 1 aromatic carbocycles. The highest BCUT2D eigenvalue weighted by molar-refractivity contribution is 14.1. The van der Waals surface area contributed by atoms with Crippen LogP contribution in [0.5, 0.6) is 0 Å². The summed E-state index contributed by atoms with van der Waals surface area (Å²) in [5.74, 6) is 0. The van der Waals surface area contributed by atoms with Crippen LogP contribution in [0.25, 0.3) is 0 Å². The molecule has 0 radical (unpaired) electrons. The monoisotopic (exact) mass is 330 g/mol. The van der Waals surface area contributed by atoms with Gasteiger partial charge in [-0.2, -0.15) is 5.26 Å². The summed E-state index contributed by atoms with van der Waals surface area (Å²) in [6, 6.07) is 7.72. The molecule has 84 valence electrons. The Hall–Kier alpha value is -1.29. The lowest BCUT2D eigenvalue weighted by molar-refractivity contribution is 0.194. The average molecular weight is 330 g/mol. The van der Waals surface area contributed by atoms with Gasteiger partial charge in [0.05, 0.1) is 5.56 Å². The van der Waals surface area contributed by atoms with Gasteiger partial charge >= 0.3 is 6.09 Å². The third kappa shape index (κ3) is 3.70. The van der Waals surface area contributed by atoms with Crippen molar-refractivity contribution in [2.45, 2.75) is 12.8 Å². The van der Waals surface area contributed by atoms with Crippen LogP contribution in [0, 0.1) is 14.9 Å². The van der Waals surface area contributed by atoms with Crippen LogP contribution in [0.2, 0.25) is 0 Å². The zero-order valence-electron chi connectivity index (χ0n) is 8.53. The Morgan fingerprint density at radius 1 is 1.56 bits per heavy atom. The molecule has 0 aliphatic carbocycles. The standard InChI is InChI=1S/C11H11IN2O2/c12-10-8(3-1-4-9(10)7-13)5-2-6-14-11(15)16/h1,3-4,14H,2,5-6H2,(H,15,16). The summed E-state index contributed by atoms with van der Waals surface area (Å²) >= 11 is 2.15. The Kier molecular flexibility index (Phi) is 5.05. The molecule has 0 saturated heterocycles. The van der Waals surface area contributed by atoms with E-state index in [0.29, 0.717) is 12.1 Å². The predicted molar refractivity (Wildman–Crippen MR) is 68.2 cm³/mol. The molecule has 0 aliphatic heterocycles. The van der Waals surface area contributed by atoms with E-state index in [-0.39, 0.29) is 0 Å². The molecule has 5 heteroatoms. The SMILES string of the molecule is N#Cc1cccc(CCCNC(=O)O)c1I. The molecule has 0 heterocycles. The molecule has 0 bridgehead atoms. The summed E-state index contributed by atoms with van der Waals surface area (Å²) in [4.78, 5) is 10.2. The van der Waals surface area contributed by atoms with Gasteiger partial charge in [-0.3, -0.25) is 0 Å². The second-order valence-electron chi connectivity index (χ2n) is 3.23. The lowest BCUT2D eigenvalue weighted by atomic mass is 10.1. The number of benzene rings is 1. The largest absolute Gasteiger partial charge is 0.465 e. The minimum atomic E-state index is -1.000. The molecule has 0 saturated carbocycles. The van der Waals surface area contributed by atoms with Gasteiger partial charge in [-0.05, 0) is 47.1 Å². The third-order valence-electron chi connectivity index (χ3n) is 2.10. The van der Waals surface area contributed by atoms with Crippen LogP contribution in [-0.2, 0) is 6.42 Å². The first-order valence-corrected chi connectivity index (χ1v) is 5.87. The molecule has 0 aromatic heterocycles. The van der Waals surface area contributed by atoms with E-state index in [1.807, 2.05) is 12.1 Å². The molecular formula is C11H11IN2O2. The minimum absolute atomic E-state index is 0.433. The van der Waals surface area contributed by atoms with Gasteiger partial charge in [-0.1, -0.05) is 12.1 Å². The molecular weight excluding hydrogens is 319 g/mol. The number of aryl methyl sites for hydroxylation is 1. The van der Waals surface area contributed by atoms with Crippen LogP contribution in [0.1, 0.15) is 17.5 Å². The van der Waals surface area contributed by atoms with Gasteiger partial charge in [0.15, 0.2) is 0 Å². The van der Waals surface area contributed by atoms with Crippen LogP contribution in [0.3, 0.4) is 0 Å². The summed E-state index contributed by atoms with van der Waals surface area (Å²) in [7, 11) is 0. The van der Waals surface area contributed by atoms with Crippen molar-refractivity contribution in [1.82, 2.24) is 5.32 Å². The van der Waals surface area contributed by atoms with Crippen LogP contribution in [0.15, 0.2) is 18.2 Å². The van der Waals surface area contributed by atoms with E-state index in [1.54, 1.807) is 6.07 Å². The molecule has 0 aliphatic rings. The van der Waals surface area contributed by atoms with Crippen LogP contribution < -0.4 is 5.32 Å². The predicted octanol–water partition coefficient (Wildman–Crippen LogP) is 2.36. The molecule has 0 fully saturated rings. The first-order chi connectivity index (χ1) is 7.65. The number of nitrogens with zero attached hydrogens (tertiary/aromatic N) is 1. The summed E-state index contributed by atoms with van der Waals surface area (Å²) in [6.07, 6.45) is 0.506. The molecule has 4 nitrogen and oxygen atoms in total. The Morgan fingerprint density at radius 2 is 2.31 bits per heavy atom. The van der Waals surface area contributed by atoms with Crippen molar-refractivity contribution in [3.05, 3.63) is 32.9 Å². The van der Waals surface area contributed by atoms with Gasteiger partial charge < -0.3 is 10.4 Å². The third-order valence-corrected chi connectivity index (χ3v) is 3.37. The first kappa shape index (κ1) is 12.8. The summed E-state index contributed by atoms with van der Waals surface area (Å²) in [5, 5.41) is 19.5. The van der Waals surface area contributed by atoms with Gasteiger partial charge in [0, 0.05) is 10.1 Å². The maximum atomic E-state index is 10.2. The van der Waals surface area contributed by atoms with E-state index in [4.69, 9.17) is 10.4 Å². The van der Waals surface area contributed by atoms with Crippen molar-refractivity contribution in [1.29, 1.82) is 5.26 Å². The fourth-order valence-electron chi connectivity index (χ4n) is 1.33. The minimum Gasteiger partial charge on any atom is -0.465 e. The first-order valence-electron chi connectivity index (χ1n) is 4.79. The molecule has 0 atom stereocenters. The number of nitrogens with one attached hydrogen (secondary N) is 1. The van der Waals surface area contributed by atoms with Gasteiger partial charge in [0.1, 0.15) is 6.07 Å². The van der Waals surface area contributed by atoms with E-state index < -0.39 is 6.09 Å². The second-order valence-corrected chi connectivity index (χ2v) is 4.30.